The van der Waals surface area contributed by atoms with Gasteiger partial charge in [-0.1, -0.05) is 54.6 Å². The lowest BCUT2D eigenvalue weighted by atomic mass is 10.1. The first-order valence-electron chi connectivity index (χ1n) is 14.3. The number of rotatable bonds is 9. The third-order valence-electron chi connectivity index (χ3n) is 7.77. The fraction of sp³-hybridized carbons (Fsp3) is 0.323. The summed E-state index contributed by atoms with van der Waals surface area (Å²) in [4.78, 5) is 46.9. The Morgan fingerprint density at radius 2 is 1.77 bits per heavy atom. The van der Waals surface area contributed by atoms with Crippen LogP contribution in [0.2, 0.25) is 0 Å². The van der Waals surface area contributed by atoms with E-state index in [1.54, 1.807) is 17.3 Å². The van der Waals surface area contributed by atoms with Crippen molar-refractivity contribution in [2.45, 2.75) is 44.9 Å². The summed E-state index contributed by atoms with van der Waals surface area (Å²) in [5, 5.41) is 17.6. The van der Waals surface area contributed by atoms with E-state index >= 15 is 0 Å². The predicted octanol–water partition coefficient (Wildman–Crippen LogP) is 2.39. The molecule has 0 radical (unpaired) electrons. The highest BCUT2D eigenvalue weighted by molar-refractivity contribution is 5.83. The van der Waals surface area contributed by atoms with E-state index in [0.717, 1.165) is 18.4 Å². The Kier molecular flexibility index (Phi) is 8.18. The van der Waals surface area contributed by atoms with Crippen molar-refractivity contribution in [2.24, 2.45) is 4.99 Å². The molecule has 2 amide bonds. The van der Waals surface area contributed by atoms with Crippen molar-refractivity contribution >= 4 is 29.9 Å². The number of ether oxygens (including phenoxy) is 1. The number of hydrogen-bond donors (Lipinski definition) is 2. The van der Waals surface area contributed by atoms with Crippen molar-refractivity contribution in [3.63, 3.8) is 0 Å². The molecule has 12 nitrogen and oxygen atoms in total. The highest BCUT2D eigenvalue weighted by Gasteiger charge is 2.32. The number of carboxylic acids is 1. The van der Waals surface area contributed by atoms with E-state index in [1.165, 1.54) is 20.7 Å². The van der Waals surface area contributed by atoms with E-state index in [9.17, 15) is 19.5 Å². The fourth-order valence-corrected chi connectivity index (χ4v) is 5.66. The molecule has 3 aromatic rings. The minimum atomic E-state index is -1.02. The maximum absolute atomic E-state index is 13.1. The maximum atomic E-state index is 13.1. The molecule has 2 N–H and O–H groups in total. The molecule has 222 valence electrons. The SMILES string of the molecule is O=C(O)Cn1cc(N2C=CC=NC2NC2Cc3ccccc3C2)c(CN2CCN(C(=O)OCc3ccccc3)CC2=O)n1. The molecule has 2 aliphatic heterocycles. The standard InChI is InChI=1S/C31H33N7O5/c39-28-19-36(31(42)43-21-22-7-2-1-3-8-22)14-13-35(28)17-26-27(18-37(34-26)20-29(40)41)38-12-6-11-32-30(38)33-25-15-23-9-4-5-10-24(23)16-25/h1-12,18,25,30,33H,13-17,19-21H2,(H,40,41). The number of allylic oxidation sites excluding steroid dienone is 1. The van der Waals surface area contributed by atoms with Gasteiger partial charge in [-0.15, -0.1) is 0 Å². The first-order chi connectivity index (χ1) is 20.9. The van der Waals surface area contributed by atoms with Gasteiger partial charge in [-0.2, -0.15) is 5.10 Å². The van der Waals surface area contributed by atoms with E-state index in [1.807, 2.05) is 59.6 Å². The Morgan fingerprint density at radius 3 is 2.49 bits per heavy atom. The number of carbonyl (C=O) groups excluding carboxylic acids is 2. The number of aliphatic carboxylic acids is 1. The number of anilines is 1. The Morgan fingerprint density at radius 1 is 1.02 bits per heavy atom. The Balaban J connectivity index is 1.14. The van der Waals surface area contributed by atoms with Crippen LogP contribution in [0, 0.1) is 0 Å². The van der Waals surface area contributed by atoms with Gasteiger partial charge < -0.3 is 19.6 Å². The van der Waals surface area contributed by atoms with E-state index in [4.69, 9.17) is 4.74 Å². The highest BCUT2D eigenvalue weighted by atomic mass is 16.6. The molecule has 12 heteroatoms. The molecular weight excluding hydrogens is 550 g/mol. The molecule has 1 aliphatic carbocycles. The normalized spacial score (nSPS) is 18.3. The quantitative estimate of drug-likeness (QED) is 0.393. The minimum Gasteiger partial charge on any atom is -0.480 e. The molecule has 3 heterocycles. The number of nitrogens with zero attached hydrogens (tertiary/aromatic N) is 6. The minimum absolute atomic E-state index is 0.112. The summed E-state index contributed by atoms with van der Waals surface area (Å²) in [6, 6.07) is 17.9. The van der Waals surface area contributed by atoms with Crippen LogP contribution >= 0.6 is 0 Å². The number of aromatic nitrogens is 2. The van der Waals surface area contributed by atoms with Crippen LogP contribution in [0.25, 0.3) is 0 Å². The lowest BCUT2D eigenvalue weighted by molar-refractivity contribution is -0.138. The van der Waals surface area contributed by atoms with Crippen LogP contribution in [-0.4, -0.2) is 80.8 Å². The molecular formula is C31H33N7O5. The van der Waals surface area contributed by atoms with E-state index in [0.29, 0.717) is 24.5 Å². The highest BCUT2D eigenvalue weighted by Crippen LogP contribution is 2.28. The third kappa shape index (κ3) is 6.59. The number of hydrogen-bond acceptors (Lipinski definition) is 8. The fourth-order valence-electron chi connectivity index (χ4n) is 5.66. The van der Waals surface area contributed by atoms with Gasteiger partial charge in [0.2, 0.25) is 5.91 Å². The summed E-state index contributed by atoms with van der Waals surface area (Å²) >= 11 is 0. The molecule has 1 unspecified atom stereocenters. The molecule has 43 heavy (non-hydrogen) atoms. The zero-order valence-corrected chi connectivity index (χ0v) is 23.6. The van der Waals surface area contributed by atoms with Crippen LogP contribution in [0.5, 0.6) is 0 Å². The van der Waals surface area contributed by atoms with Crippen LogP contribution in [-0.2, 0) is 46.9 Å². The van der Waals surface area contributed by atoms with Crippen molar-refractivity contribution in [1.29, 1.82) is 0 Å². The molecule has 1 aromatic heterocycles. The number of fused-ring (bicyclic) bond motifs is 1. The van der Waals surface area contributed by atoms with Crippen LogP contribution in [0.15, 0.2) is 78.1 Å². The van der Waals surface area contributed by atoms with Gasteiger partial charge in [0.05, 0.1) is 12.2 Å². The first kappa shape index (κ1) is 28.2. The number of nitrogens with one attached hydrogen (secondary N) is 1. The topological polar surface area (TPSA) is 133 Å². The summed E-state index contributed by atoms with van der Waals surface area (Å²) in [5.41, 5.74) is 4.70. The number of benzene rings is 2. The van der Waals surface area contributed by atoms with Gasteiger partial charge in [0, 0.05) is 37.7 Å². The van der Waals surface area contributed by atoms with Gasteiger partial charge in [0.25, 0.3) is 0 Å². The third-order valence-corrected chi connectivity index (χ3v) is 7.77. The second kappa shape index (κ2) is 12.5. The van der Waals surface area contributed by atoms with E-state index in [2.05, 4.69) is 27.5 Å². The lowest BCUT2D eigenvalue weighted by Crippen LogP contribution is -2.52. The van der Waals surface area contributed by atoms with Gasteiger partial charge in [0.15, 0.2) is 6.29 Å². The van der Waals surface area contributed by atoms with Gasteiger partial charge in [0.1, 0.15) is 25.4 Å². The average molecular weight is 584 g/mol. The molecule has 1 fully saturated rings. The smallest absolute Gasteiger partial charge is 0.410 e. The molecule has 3 aliphatic rings. The average Bonchev–Trinajstić information content (AvgIpc) is 3.60. The number of aliphatic imine (C=N–C) groups is 1. The van der Waals surface area contributed by atoms with E-state index in [-0.39, 0.29) is 38.2 Å². The maximum Gasteiger partial charge on any atom is 0.410 e. The molecule has 0 spiro atoms. The molecule has 2 aromatic carbocycles. The van der Waals surface area contributed by atoms with Crippen molar-refractivity contribution in [2.75, 3.05) is 24.5 Å². The van der Waals surface area contributed by atoms with Crippen LogP contribution in [0.1, 0.15) is 22.4 Å². The summed E-state index contributed by atoms with van der Waals surface area (Å²) in [6.45, 7) is 0.457. The van der Waals surface area contributed by atoms with Crippen LogP contribution in [0.3, 0.4) is 0 Å². The molecule has 0 bridgehead atoms. The van der Waals surface area contributed by atoms with Gasteiger partial charge in [-0.3, -0.25) is 29.5 Å². The summed E-state index contributed by atoms with van der Waals surface area (Å²) in [5.74, 6) is -1.27. The summed E-state index contributed by atoms with van der Waals surface area (Å²) in [6.07, 6.45) is 7.90. The number of carbonyl (C=O) groups is 3. The summed E-state index contributed by atoms with van der Waals surface area (Å²) in [7, 11) is 0. The number of carboxylic acid groups (broad SMARTS) is 1. The second-order valence-electron chi connectivity index (χ2n) is 10.8. The molecule has 1 atom stereocenters. The Bertz CT molecular complexity index is 1530. The van der Waals surface area contributed by atoms with Crippen LogP contribution < -0.4 is 10.2 Å². The first-order valence-corrected chi connectivity index (χ1v) is 14.3. The monoisotopic (exact) mass is 583 g/mol. The van der Waals surface area contributed by atoms with E-state index < -0.39 is 18.4 Å². The van der Waals surface area contributed by atoms with Gasteiger partial charge in [-0.25, -0.2) is 4.79 Å². The number of amides is 2. The van der Waals surface area contributed by atoms with Gasteiger partial charge >= 0.3 is 12.1 Å². The van der Waals surface area contributed by atoms with Gasteiger partial charge in [-0.05, 0) is 35.6 Å². The molecule has 6 rings (SSSR count). The zero-order valence-electron chi connectivity index (χ0n) is 23.6. The van der Waals surface area contributed by atoms with Crippen LogP contribution in [0.4, 0.5) is 10.5 Å². The zero-order chi connectivity index (χ0) is 29.8. The second-order valence-corrected chi connectivity index (χ2v) is 10.8. The van der Waals surface area contributed by atoms with Crippen molar-refractivity contribution in [3.05, 3.63) is 95.5 Å². The summed E-state index contributed by atoms with van der Waals surface area (Å²) < 4.78 is 6.77. The lowest BCUT2D eigenvalue weighted by Gasteiger charge is -2.35. The predicted molar refractivity (Wildman–Crippen MR) is 158 cm³/mol. The largest absolute Gasteiger partial charge is 0.480 e. The van der Waals surface area contributed by atoms with Crippen molar-refractivity contribution in [3.8, 4) is 0 Å². The Labute approximate surface area is 248 Å². The van der Waals surface area contributed by atoms with Crippen molar-refractivity contribution < 1.29 is 24.2 Å². The van der Waals surface area contributed by atoms with Crippen molar-refractivity contribution in [1.82, 2.24) is 24.9 Å². The Hall–Kier alpha value is -4.97. The molecule has 0 saturated carbocycles. The molecule has 1 saturated heterocycles. The number of piperazine rings is 1.